The van der Waals surface area contributed by atoms with Crippen LogP contribution in [0.3, 0.4) is 0 Å². The third-order valence-electron chi connectivity index (χ3n) is 3.34. The first kappa shape index (κ1) is 11.9. The second-order valence-corrected chi connectivity index (χ2v) is 4.38. The van der Waals surface area contributed by atoms with Gasteiger partial charge < -0.3 is 0 Å². The molecule has 2 aromatic rings. The van der Waals surface area contributed by atoms with Crippen molar-refractivity contribution in [3.63, 3.8) is 0 Å². The van der Waals surface area contributed by atoms with Gasteiger partial charge in [-0.1, -0.05) is 62.3 Å². The van der Waals surface area contributed by atoms with Crippen LogP contribution in [-0.2, 0) is 0 Å². The molecule has 0 bridgehead atoms. The summed E-state index contributed by atoms with van der Waals surface area (Å²) in [6.07, 6.45) is 6.14. The molecule has 0 saturated heterocycles. The van der Waals surface area contributed by atoms with E-state index in [-0.39, 0.29) is 0 Å². The summed E-state index contributed by atoms with van der Waals surface area (Å²) in [4.78, 5) is 4.18. The summed E-state index contributed by atoms with van der Waals surface area (Å²) in [7, 11) is 0. The van der Waals surface area contributed by atoms with E-state index in [0.29, 0.717) is 6.71 Å². The van der Waals surface area contributed by atoms with Crippen LogP contribution in [0.15, 0.2) is 48.8 Å². The van der Waals surface area contributed by atoms with Crippen molar-refractivity contribution < 1.29 is 0 Å². The van der Waals surface area contributed by atoms with Crippen LogP contribution in [0.5, 0.6) is 0 Å². The number of hydrogen-bond donors (Lipinski definition) is 0. The molecule has 0 atom stereocenters. The maximum Gasteiger partial charge on any atom is 0.175 e. The van der Waals surface area contributed by atoms with Crippen LogP contribution in [-0.4, -0.2) is 11.7 Å². The van der Waals surface area contributed by atoms with Gasteiger partial charge in [-0.2, -0.15) is 0 Å². The normalized spacial score (nSPS) is 10.2. The first-order chi connectivity index (χ1) is 8.35. The molecule has 0 unspecified atom stereocenters. The molecule has 86 valence electrons. The summed E-state index contributed by atoms with van der Waals surface area (Å²) in [5.74, 6) is 0. The number of hydrogen-bond acceptors (Lipinski definition) is 1. The Morgan fingerprint density at radius 2 is 1.76 bits per heavy atom. The van der Waals surface area contributed by atoms with Gasteiger partial charge in [0.15, 0.2) is 6.71 Å². The second-order valence-electron chi connectivity index (χ2n) is 4.38. The maximum absolute atomic E-state index is 4.18. The Hall–Kier alpha value is -1.57. The Morgan fingerprint density at radius 3 is 2.41 bits per heavy atom. The Morgan fingerprint density at radius 1 is 1.00 bits per heavy atom. The van der Waals surface area contributed by atoms with Crippen LogP contribution in [0.25, 0.3) is 11.1 Å². The summed E-state index contributed by atoms with van der Waals surface area (Å²) < 4.78 is 0. The monoisotopic (exact) mass is 223 g/mol. The van der Waals surface area contributed by atoms with Crippen LogP contribution in [0.1, 0.15) is 13.8 Å². The van der Waals surface area contributed by atoms with Crippen molar-refractivity contribution in [1.82, 2.24) is 4.98 Å². The van der Waals surface area contributed by atoms with E-state index in [0.717, 1.165) is 0 Å². The molecule has 0 N–H and O–H groups in total. The first-order valence-electron chi connectivity index (χ1n) is 6.35. The maximum atomic E-state index is 4.18. The Bertz CT molecular complexity index is 463. The largest absolute Gasteiger partial charge is 0.264 e. The van der Waals surface area contributed by atoms with Gasteiger partial charge in [0.2, 0.25) is 0 Å². The average molecular weight is 223 g/mol. The highest BCUT2D eigenvalue weighted by Gasteiger charge is 2.11. The van der Waals surface area contributed by atoms with Crippen LogP contribution < -0.4 is 5.46 Å². The lowest BCUT2D eigenvalue weighted by Crippen LogP contribution is -2.27. The SMILES string of the molecule is CCB(CC)c1cccc(-c2cccnc2)c1. The minimum Gasteiger partial charge on any atom is -0.264 e. The zero-order valence-electron chi connectivity index (χ0n) is 10.6. The van der Waals surface area contributed by atoms with Crippen molar-refractivity contribution in [2.75, 3.05) is 0 Å². The minimum absolute atomic E-state index is 0.673. The summed E-state index contributed by atoms with van der Waals surface area (Å²) in [5, 5.41) is 0. The molecular weight excluding hydrogens is 205 g/mol. The van der Waals surface area contributed by atoms with Crippen LogP contribution in [0, 0.1) is 0 Å². The minimum atomic E-state index is 0.673. The molecule has 1 aromatic heterocycles. The summed E-state index contributed by atoms with van der Waals surface area (Å²) in [6.45, 7) is 5.18. The van der Waals surface area contributed by atoms with Crippen molar-refractivity contribution in [1.29, 1.82) is 0 Å². The topological polar surface area (TPSA) is 12.9 Å². The standard InChI is InChI=1S/C15H18BN/c1-3-16(4-2)15-9-5-7-13(11-15)14-8-6-10-17-12-14/h5-12H,3-4H2,1-2H3. The lowest BCUT2D eigenvalue weighted by Gasteiger charge is -2.11. The molecule has 17 heavy (non-hydrogen) atoms. The molecule has 0 radical (unpaired) electrons. The van der Waals surface area contributed by atoms with Crippen molar-refractivity contribution in [2.45, 2.75) is 26.5 Å². The lowest BCUT2D eigenvalue weighted by atomic mass is 9.41. The van der Waals surface area contributed by atoms with Gasteiger partial charge in [-0.15, -0.1) is 0 Å². The molecule has 2 rings (SSSR count). The summed E-state index contributed by atoms with van der Waals surface area (Å²) in [6, 6.07) is 12.9. The molecule has 1 aromatic carbocycles. The fraction of sp³-hybridized carbons (Fsp3) is 0.267. The number of pyridine rings is 1. The van der Waals surface area contributed by atoms with Crippen LogP contribution >= 0.6 is 0 Å². The van der Waals surface area contributed by atoms with E-state index in [2.05, 4.69) is 49.2 Å². The highest BCUT2D eigenvalue weighted by Crippen LogP contribution is 2.16. The van der Waals surface area contributed by atoms with Gasteiger partial charge in [-0.25, -0.2) is 0 Å². The van der Waals surface area contributed by atoms with Crippen molar-refractivity contribution in [2.24, 2.45) is 0 Å². The predicted octanol–water partition coefficient (Wildman–Crippen LogP) is 3.49. The molecule has 0 fully saturated rings. The quantitative estimate of drug-likeness (QED) is 0.723. The van der Waals surface area contributed by atoms with Gasteiger partial charge in [0.05, 0.1) is 0 Å². The van der Waals surface area contributed by atoms with E-state index in [1.165, 1.54) is 29.2 Å². The second kappa shape index (κ2) is 5.67. The lowest BCUT2D eigenvalue weighted by molar-refractivity contribution is 1.32. The zero-order chi connectivity index (χ0) is 12.1. The predicted molar refractivity (Wildman–Crippen MR) is 76.0 cm³/mol. The van der Waals surface area contributed by atoms with Crippen LogP contribution in [0.2, 0.25) is 12.6 Å². The molecule has 0 aliphatic carbocycles. The smallest absolute Gasteiger partial charge is 0.175 e. The van der Waals surface area contributed by atoms with Crippen molar-refractivity contribution in [3.8, 4) is 11.1 Å². The van der Waals surface area contributed by atoms with Crippen LogP contribution in [0.4, 0.5) is 0 Å². The highest BCUT2D eigenvalue weighted by molar-refractivity contribution is 6.73. The van der Waals surface area contributed by atoms with E-state index in [1.54, 1.807) is 0 Å². The number of benzene rings is 1. The number of nitrogens with zero attached hydrogens (tertiary/aromatic N) is 1. The third-order valence-corrected chi connectivity index (χ3v) is 3.34. The fourth-order valence-electron chi connectivity index (χ4n) is 2.27. The van der Waals surface area contributed by atoms with Crippen molar-refractivity contribution in [3.05, 3.63) is 48.8 Å². The van der Waals surface area contributed by atoms with Gasteiger partial charge >= 0.3 is 0 Å². The molecular formula is C15H18BN. The number of rotatable bonds is 4. The van der Waals surface area contributed by atoms with Gasteiger partial charge in [0, 0.05) is 12.4 Å². The molecule has 0 spiro atoms. The molecule has 1 heterocycles. The molecule has 1 nitrogen and oxygen atoms in total. The Labute approximate surface area is 104 Å². The third kappa shape index (κ3) is 2.76. The van der Waals surface area contributed by atoms with E-state index in [1.807, 2.05) is 18.5 Å². The molecule has 2 heteroatoms. The van der Waals surface area contributed by atoms with E-state index < -0.39 is 0 Å². The molecule has 0 saturated carbocycles. The van der Waals surface area contributed by atoms with Crippen molar-refractivity contribution >= 4 is 12.2 Å². The average Bonchev–Trinajstić information content (AvgIpc) is 2.42. The summed E-state index contributed by atoms with van der Waals surface area (Å²) in [5.41, 5.74) is 3.90. The van der Waals surface area contributed by atoms with Gasteiger partial charge in [-0.05, 0) is 17.2 Å². The zero-order valence-corrected chi connectivity index (χ0v) is 10.6. The van der Waals surface area contributed by atoms with Gasteiger partial charge in [0.25, 0.3) is 0 Å². The molecule has 0 amide bonds. The fourth-order valence-corrected chi connectivity index (χ4v) is 2.27. The Balaban J connectivity index is 2.35. The summed E-state index contributed by atoms with van der Waals surface area (Å²) >= 11 is 0. The van der Waals surface area contributed by atoms with E-state index in [9.17, 15) is 0 Å². The molecule has 0 aliphatic rings. The van der Waals surface area contributed by atoms with E-state index in [4.69, 9.17) is 0 Å². The Kier molecular flexibility index (Phi) is 3.97. The number of aromatic nitrogens is 1. The molecule has 0 aliphatic heterocycles. The van der Waals surface area contributed by atoms with Gasteiger partial charge in [-0.3, -0.25) is 4.98 Å². The highest BCUT2D eigenvalue weighted by atomic mass is 14.6. The van der Waals surface area contributed by atoms with Gasteiger partial charge in [0.1, 0.15) is 0 Å². The first-order valence-corrected chi connectivity index (χ1v) is 6.35. The van der Waals surface area contributed by atoms with E-state index >= 15 is 0 Å².